The first kappa shape index (κ1) is 38.4. The molecule has 0 saturated heterocycles. The SMILES string of the molecule is CN(C(=O)OC(C)(C)C)c1cc(F)c2c(c1OC(=O)OC(C)(C)C)C(=O)C1=C(O)[C@]3(O)C(=O)c4c(OCc5ccccc5)noc4[C@@H](N(C)C)[C@@H]3C[C@@H]1C2. The molecule has 14 nitrogen and oxygen atoms in total. The number of amides is 1. The standard InChI is InChI=1S/C39H44FN3O11/c1-37(2,3)52-35(47)43(9)24-17-23(40)21-15-20-16-22-28(42(7)8)31-27(34(41-54-31)50-18-19-13-11-10-12-14-19)33(46)39(22,49)32(45)25(20)29(44)26(21)30(24)51-36(48)53-38(4,5)6/h10-14,17,20,22,28,45,49H,15-16,18H2,1-9H3/t20-,22-,28-,39-/m0/s1. The number of ether oxygens (including phenoxy) is 4. The van der Waals surface area contributed by atoms with Crippen molar-refractivity contribution in [2.75, 3.05) is 26.0 Å². The lowest BCUT2D eigenvalue weighted by atomic mass is 9.58. The van der Waals surface area contributed by atoms with E-state index in [2.05, 4.69) is 5.16 Å². The van der Waals surface area contributed by atoms with Crippen LogP contribution in [0.5, 0.6) is 11.6 Å². The number of benzene rings is 2. The Kier molecular flexibility index (Phi) is 9.64. The largest absolute Gasteiger partial charge is 0.514 e. The lowest BCUT2D eigenvalue weighted by Gasteiger charge is -2.49. The molecule has 0 unspecified atom stereocenters. The minimum Gasteiger partial charge on any atom is -0.508 e. The van der Waals surface area contributed by atoms with Gasteiger partial charge in [-0.2, -0.15) is 0 Å². The molecule has 0 radical (unpaired) electrons. The van der Waals surface area contributed by atoms with Gasteiger partial charge in [-0.15, -0.1) is 0 Å². The van der Waals surface area contributed by atoms with Crippen molar-refractivity contribution in [3.63, 3.8) is 0 Å². The van der Waals surface area contributed by atoms with E-state index in [0.29, 0.717) is 0 Å². The first-order valence-electron chi connectivity index (χ1n) is 17.4. The molecule has 0 fully saturated rings. The van der Waals surface area contributed by atoms with Gasteiger partial charge in [0.25, 0.3) is 5.88 Å². The third-order valence-corrected chi connectivity index (χ3v) is 9.62. The highest BCUT2D eigenvalue weighted by atomic mass is 19.1. The highest BCUT2D eigenvalue weighted by molar-refractivity contribution is 6.17. The number of hydrogen-bond donors (Lipinski definition) is 2. The van der Waals surface area contributed by atoms with Crippen molar-refractivity contribution in [3.05, 3.63) is 81.6 Å². The number of anilines is 1. The van der Waals surface area contributed by atoms with Crippen LogP contribution in [0, 0.1) is 17.7 Å². The molecule has 3 aliphatic carbocycles. The molecule has 0 aliphatic heterocycles. The van der Waals surface area contributed by atoms with Crippen molar-refractivity contribution in [1.29, 1.82) is 0 Å². The molecule has 0 saturated carbocycles. The van der Waals surface area contributed by atoms with Crippen molar-refractivity contribution in [3.8, 4) is 11.6 Å². The number of hydrogen-bond acceptors (Lipinski definition) is 13. The van der Waals surface area contributed by atoms with Crippen molar-refractivity contribution in [2.24, 2.45) is 11.8 Å². The van der Waals surface area contributed by atoms with Gasteiger partial charge in [-0.05, 0) is 85.1 Å². The van der Waals surface area contributed by atoms with Crippen molar-refractivity contribution < 1.29 is 57.3 Å². The molecule has 4 atom stereocenters. The van der Waals surface area contributed by atoms with Gasteiger partial charge >= 0.3 is 12.2 Å². The Bertz CT molecular complexity index is 2060. The molecule has 3 aliphatic rings. The molecule has 288 valence electrons. The molecule has 0 spiro atoms. The second-order valence-electron chi connectivity index (χ2n) is 16.0. The van der Waals surface area contributed by atoms with Gasteiger partial charge in [0.2, 0.25) is 5.78 Å². The van der Waals surface area contributed by atoms with Crippen LogP contribution in [0.15, 0.2) is 52.3 Å². The molecule has 54 heavy (non-hydrogen) atoms. The van der Waals surface area contributed by atoms with E-state index in [1.807, 2.05) is 30.3 Å². The number of carbonyl (C=O) groups is 4. The molecule has 2 aromatic carbocycles. The van der Waals surface area contributed by atoms with E-state index in [1.54, 1.807) is 60.5 Å². The first-order chi connectivity index (χ1) is 25.1. The lowest BCUT2D eigenvalue weighted by Crippen LogP contribution is -2.59. The second kappa shape index (κ2) is 13.5. The predicted octanol–water partition coefficient (Wildman–Crippen LogP) is 6.50. The number of allylic oxidation sites excluding steroid dienone is 1. The number of aliphatic hydroxyl groups is 2. The van der Waals surface area contributed by atoms with Gasteiger partial charge in [-0.3, -0.25) is 19.4 Å². The highest BCUT2D eigenvalue weighted by Crippen LogP contribution is 2.57. The summed E-state index contributed by atoms with van der Waals surface area (Å²) in [5.74, 6) is -6.47. The fraction of sp³-hybridized carbons (Fsp3) is 0.462. The molecule has 6 rings (SSSR count). The van der Waals surface area contributed by atoms with E-state index in [1.165, 1.54) is 7.05 Å². The quantitative estimate of drug-likeness (QED) is 0.206. The molecule has 1 aromatic heterocycles. The van der Waals surface area contributed by atoms with Crippen molar-refractivity contribution in [1.82, 2.24) is 10.1 Å². The number of aliphatic hydroxyl groups excluding tert-OH is 1. The average molecular weight is 750 g/mol. The van der Waals surface area contributed by atoms with Gasteiger partial charge in [0.05, 0.1) is 17.3 Å². The van der Waals surface area contributed by atoms with Crippen LogP contribution >= 0.6 is 0 Å². The summed E-state index contributed by atoms with van der Waals surface area (Å²) in [5.41, 5.74) is -5.48. The molecule has 1 heterocycles. The zero-order chi connectivity index (χ0) is 39.7. The van der Waals surface area contributed by atoms with Crippen LogP contribution < -0.4 is 14.4 Å². The molecule has 15 heteroatoms. The van der Waals surface area contributed by atoms with E-state index >= 15 is 4.39 Å². The van der Waals surface area contributed by atoms with Crippen LogP contribution in [-0.4, -0.2) is 82.0 Å². The van der Waals surface area contributed by atoms with Crippen LogP contribution in [0.3, 0.4) is 0 Å². The number of rotatable bonds is 6. The van der Waals surface area contributed by atoms with Crippen LogP contribution in [0.25, 0.3) is 0 Å². The van der Waals surface area contributed by atoms with Gasteiger partial charge in [-0.25, -0.2) is 14.0 Å². The Morgan fingerprint density at radius 2 is 1.67 bits per heavy atom. The van der Waals surface area contributed by atoms with Crippen LogP contribution in [0.4, 0.5) is 19.7 Å². The highest BCUT2D eigenvalue weighted by Gasteiger charge is 2.64. The summed E-state index contributed by atoms with van der Waals surface area (Å²) in [6, 6.07) is 9.19. The van der Waals surface area contributed by atoms with Gasteiger partial charge in [-0.1, -0.05) is 30.3 Å². The Morgan fingerprint density at radius 3 is 2.28 bits per heavy atom. The normalized spacial score (nSPS) is 22.2. The number of aromatic nitrogens is 1. The zero-order valence-corrected chi connectivity index (χ0v) is 31.6. The fourth-order valence-corrected chi connectivity index (χ4v) is 7.38. The van der Waals surface area contributed by atoms with Crippen molar-refractivity contribution >= 4 is 29.5 Å². The smallest absolute Gasteiger partial charge is 0.508 e. The molecular weight excluding hydrogens is 705 g/mol. The Hall–Kier alpha value is -5.28. The molecule has 1 amide bonds. The number of carbonyl (C=O) groups excluding carboxylic acids is 4. The van der Waals surface area contributed by atoms with E-state index < -0.39 is 81.4 Å². The average Bonchev–Trinajstić information content (AvgIpc) is 3.48. The maximum atomic E-state index is 16.3. The summed E-state index contributed by atoms with van der Waals surface area (Å²) in [5, 5.41) is 28.5. The van der Waals surface area contributed by atoms with E-state index in [-0.39, 0.29) is 53.5 Å². The van der Waals surface area contributed by atoms with Crippen LogP contribution in [-0.2, 0) is 22.5 Å². The van der Waals surface area contributed by atoms with Gasteiger partial charge in [0.15, 0.2) is 22.9 Å². The Balaban J connectivity index is 1.49. The minimum absolute atomic E-state index is 0.0120. The third kappa shape index (κ3) is 6.70. The number of fused-ring (bicyclic) bond motifs is 4. The summed E-state index contributed by atoms with van der Waals surface area (Å²) in [6.45, 7) is 9.64. The topological polar surface area (TPSA) is 178 Å². The number of ketones is 2. The predicted molar refractivity (Wildman–Crippen MR) is 190 cm³/mol. The van der Waals surface area contributed by atoms with Crippen LogP contribution in [0.2, 0.25) is 0 Å². The second-order valence-corrected chi connectivity index (χ2v) is 16.0. The number of halogens is 1. The molecule has 0 bridgehead atoms. The summed E-state index contributed by atoms with van der Waals surface area (Å²) in [4.78, 5) is 58.0. The monoisotopic (exact) mass is 749 g/mol. The van der Waals surface area contributed by atoms with Gasteiger partial charge in [0.1, 0.15) is 34.9 Å². The van der Waals surface area contributed by atoms with Gasteiger partial charge < -0.3 is 33.7 Å². The summed E-state index contributed by atoms with van der Waals surface area (Å²) >= 11 is 0. The summed E-state index contributed by atoms with van der Waals surface area (Å²) in [7, 11) is 4.63. The molecule has 3 aromatic rings. The summed E-state index contributed by atoms with van der Waals surface area (Å²) < 4.78 is 44.2. The zero-order valence-electron chi connectivity index (χ0n) is 31.6. The molecular formula is C39H44FN3O11. The Morgan fingerprint density at radius 1 is 1.02 bits per heavy atom. The molecule has 2 N–H and O–H groups in total. The fourth-order valence-electron chi connectivity index (χ4n) is 7.38. The van der Waals surface area contributed by atoms with Crippen LogP contribution in [0.1, 0.15) is 91.6 Å². The van der Waals surface area contributed by atoms with E-state index in [4.69, 9.17) is 23.5 Å². The lowest BCUT2D eigenvalue weighted by molar-refractivity contribution is -0.0559. The Labute approximate surface area is 311 Å². The van der Waals surface area contributed by atoms with Gasteiger partial charge in [0, 0.05) is 30.2 Å². The van der Waals surface area contributed by atoms with E-state index in [0.717, 1.165) is 16.5 Å². The number of nitrogens with zero attached hydrogens (tertiary/aromatic N) is 3. The maximum Gasteiger partial charge on any atom is 0.514 e. The minimum atomic E-state index is -2.67. The van der Waals surface area contributed by atoms with E-state index in [9.17, 15) is 29.4 Å². The number of Topliss-reactive ketones (excluding diaryl/α,β-unsaturated/α-hetero) is 2. The maximum absolute atomic E-state index is 16.3. The van der Waals surface area contributed by atoms with Crippen molar-refractivity contribution in [2.45, 2.75) is 83.8 Å². The first-order valence-corrected chi connectivity index (χ1v) is 17.4. The summed E-state index contributed by atoms with van der Waals surface area (Å²) in [6.07, 6.45) is -2.49. The third-order valence-electron chi connectivity index (χ3n) is 9.62.